The molecule has 0 saturated carbocycles. The summed E-state index contributed by atoms with van der Waals surface area (Å²) in [6.07, 6.45) is 1.60. The van der Waals surface area contributed by atoms with E-state index in [4.69, 9.17) is 10.5 Å². The van der Waals surface area contributed by atoms with Crippen LogP contribution in [0.5, 0.6) is 11.5 Å². The first-order chi connectivity index (χ1) is 11.5. The van der Waals surface area contributed by atoms with Crippen molar-refractivity contribution in [3.05, 3.63) is 47.0 Å². The van der Waals surface area contributed by atoms with E-state index in [0.717, 1.165) is 24.0 Å². The lowest BCUT2D eigenvalue weighted by Crippen LogP contribution is -2.29. The maximum absolute atomic E-state index is 12.3. The molecule has 1 aliphatic rings. The molecule has 0 bridgehead atoms. The Morgan fingerprint density at radius 2 is 1.71 bits per heavy atom. The molecule has 2 aromatic carbocycles. The van der Waals surface area contributed by atoms with E-state index in [2.05, 4.69) is 6.92 Å². The molecule has 24 heavy (non-hydrogen) atoms. The minimum absolute atomic E-state index is 0.197. The Bertz CT molecular complexity index is 843. The minimum Gasteiger partial charge on any atom is -0.453 e. The summed E-state index contributed by atoms with van der Waals surface area (Å²) >= 11 is 0. The van der Waals surface area contributed by atoms with Gasteiger partial charge in [0.25, 0.3) is 5.91 Å². The van der Waals surface area contributed by atoms with Gasteiger partial charge in [-0.3, -0.25) is 14.5 Å². The average molecular weight is 324 g/mol. The molecule has 1 heterocycles. The van der Waals surface area contributed by atoms with Crippen LogP contribution < -0.4 is 15.4 Å². The molecule has 0 unspecified atom stereocenters. The first-order valence-electron chi connectivity index (χ1n) is 8.04. The van der Waals surface area contributed by atoms with Gasteiger partial charge in [-0.05, 0) is 48.2 Å². The standard InChI is InChI=1S/C19H20N2O3/c1-4-12-6-7-15-16(9-12)24-17-10-13(5-2)8-14(19(20)23)18(17)21(15)11(3)22/h6-10H,4-5H2,1-3H3,(H2,20,23). The summed E-state index contributed by atoms with van der Waals surface area (Å²) < 4.78 is 6.03. The smallest absolute Gasteiger partial charge is 0.250 e. The number of rotatable bonds is 3. The zero-order chi connectivity index (χ0) is 17.4. The van der Waals surface area contributed by atoms with Crippen LogP contribution in [0.15, 0.2) is 30.3 Å². The van der Waals surface area contributed by atoms with Gasteiger partial charge in [-0.25, -0.2) is 0 Å². The number of ether oxygens (including phenoxy) is 1. The van der Waals surface area contributed by atoms with Crippen LogP contribution in [0.3, 0.4) is 0 Å². The fourth-order valence-electron chi connectivity index (χ4n) is 2.98. The van der Waals surface area contributed by atoms with Gasteiger partial charge < -0.3 is 10.5 Å². The maximum Gasteiger partial charge on any atom is 0.250 e. The second-order valence-corrected chi connectivity index (χ2v) is 5.82. The largest absolute Gasteiger partial charge is 0.453 e. The Labute approximate surface area is 141 Å². The summed E-state index contributed by atoms with van der Waals surface area (Å²) in [7, 11) is 0. The summed E-state index contributed by atoms with van der Waals surface area (Å²) in [5, 5.41) is 0. The van der Waals surface area contributed by atoms with E-state index in [1.165, 1.54) is 11.8 Å². The highest BCUT2D eigenvalue weighted by atomic mass is 16.5. The van der Waals surface area contributed by atoms with Crippen molar-refractivity contribution in [1.29, 1.82) is 0 Å². The highest BCUT2D eigenvalue weighted by Gasteiger charge is 2.31. The Balaban J connectivity index is 2.28. The molecule has 0 radical (unpaired) electrons. The number of hydrogen-bond donors (Lipinski definition) is 1. The lowest BCUT2D eigenvalue weighted by molar-refractivity contribution is -0.115. The number of nitrogens with zero attached hydrogens (tertiary/aromatic N) is 1. The van der Waals surface area contributed by atoms with Gasteiger partial charge in [-0.15, -0.1) is 0 Å². The van der Waals surface area contributed by atoms with Gasteiger partial charge in [-0.2, -0.15) is 0 Å². The number of primary amides is 1. The number of carbonyl (C=O) groups excluding carboxylic acids is 2. The predicted octanol–water partition coefficient (Wildman–Crippen LogP) is 3.70. The van der Waals surface area contributed by atoms with E-state index < -0.39 is 5.91 Å². The summed E-state index contributed by atoms with van der Waals surface area (Å²) in [5.41, 5.74) is 8.94. The third kappa shape index (κ3) is 2.52. The van der Waals surface area contributed by atoms with E-state index in [1.54, 1.807) is 6.07 Å². The molecule has 5 nitrogen and oxygen atoms in total. The van der Waals surface area contributed by atoms with Crippen LogP contribution in [-0.4, -0.2) is 11.8 Å². The van der Waals surface area contributed by atoms with E-state index in [0.29, 0.717) is 28.4 Å². The van der Waals surface area contributed by atoms with Gasteiger partial charge in [-0.1, -0.05) is 19.9 Å². The van der Waals surface area contributed by atoms with E-state index in [1.807, 2.05) is 31.2 Å². The Morgan fingerprint density at radius 1 is 1.04 bits per heavy atom. The number of benzene rings is 2. The van der Waals surface area contributed by atoms with Crippen LogP contribution in [0.2, 0.25) is 0 Å². The quantitative estimate of drug-likeness (QED) is 0.935. The van der Waals surface area contributed by atoms with Gasteiger partial charge in [0.1, 0.15) is 5.69 Å². The van der Waals surface area contributed by atoms with E-state index in [-0.39, 0.29) is 5.91 Å². The molecule has 0 fully saturated rings. The van der Waals surface area contributed by atoms with Crippen molar-refractivity contribution in [3.63, 3.8) is 0 Å². The molecular weight excluding hydrogens is 304 g/mol. The van der Waals surface area contributed by atoms with Crippen molar-refractivity contribution in [2.45, 2.75) is 33.6 Å². The number of hydrogen-bond acceptors (Lipinski definition) is 3. The molecule has 0 aromatic heterocycles. The van der Waals surface area contributed by atoms with E-state index >= 15 is 0 Å². The fraction of sp³-hybridized carbons (Fsp3) is 0.263. The van der Waals surface area contributed by atoms with Crippen molar-refractivity contribution in [2.24, 2.45) is 5.73 Å². The van der Waals surface area contributed by atoms with Crippen LogP contribution in [0.1, 0.15) is 42.3 Å². The third-order valence-electron chi connectivity index (χ3n) is 4.24. The lowest BCUT2D eigenvalue weighted by atomic mass is 10.0. The van der Waals surface area contributed by atoms with Crippen molar-refractivity contribution in [1.82, 2.24) is 0 Å². The predicted molar refractivity (Wildman–Crippen MR) is 93.1 cm³/mol. The highest BCUT2D eigenvalue weighted by molar-refractivity contribution is 6.10. The van der Waals surface area contributed by atoms with Gasteiger partial charge in [0, 0.05) is 6.92 Å². The summed E-state index contributed by atoms with van der Waals surface area (Å²) in [4.78, 5) is 25.8. The number of amides is 2. The zero-order valence-corrected chi connectivity index (χ0v) is 14.1. The normalized spacial score (nSPS) is 12.2. The summed E-state index contributed by atoms with van der Waals surface area (Å²) in [5.74, 6) is 0.321. The lowest BCUT2D eigenvalue weighted by Gasteiger charge is -2.32. The second-order valence-electron chi connectivity index (χ2n) is 5.82. The fourth-order valence-corrected chi connectivity index (χ4v) is 2.98. The molecule has 0 aliphatic carbocycles. The molecule has 2 amide bonds. The Hall–Kier alpha value is -2.82. The topological polar surface area (TPSA) is 72.6 Å². The van der Waals surface area contributed by atoms with E-state index in [9.17, 15) is 9.59 Å². The van der Waals surface area contributed by atoms with Crippen LogP contribution in [-0.2, 0) is 17.6 Å². The molecule has 124 valence electrons. The maximum atomic E-state index is 12.3. The number of anilines is 2. The van der Waals surface area contributed by atoms with Crippen LogP contribution >= 0.6 is 0 Å². The monoisotopic (exact) mass is 324 g/mol. The van der Waals surface area contributed by atoms with Crippen LogP contribution in [0.4, 0.5) is 11.4 Å². The number of fused-ring (bicyclic) bond motifs is 2. The van der Waals surface area contributed by atoms with Crippen molar-refractivity contribution in [2.75, 3.05) is 4.90 Å². The highest BCUT2D eigenvalue weighted by Crippen LogP contribution is 2.49. The third-order valence-corrected chi connectivity index (χ3v) is 4.24. The average Bonchev–Trinajstić information content (AvgIpc) is 2.57. The molecule has 2 aromatic rings. The molecule has 0 atom stereocenters. The summed E-state index contributed by atoms with van der Waals surface area (Å²) in [6, 6.07) is 9.31. The second kappa shape index (κ2) is 6.00. The molecule has 3 rings (SSSR count). The molecule has 5 heteroatoms. The Kier molecular flexibility index (Phi) is 4.01. The summed E-state index contributed by atoms with van der Waals surface area (Å²) in [6.45, 7) is 5.51. The van der Waals surface area contributed by atoms with Gasteiger partial charge in [0.15, 0.2) is 11.5 Å². The first kappa shape index (κ1) is 16.1. The van der Waals surface area contributed by atoms with Gasteiger partial charge in [0.2, 0.25) is 5.91 Å². The first-order valence-corrected chi connectivity index (χ1v) is 8.04. The molecule has 0 spiro atoms. The molecule has 0 saturated heterocycles. The van der Waals surface area contributed by atoms with Crippen LogP contribution in [0, 0.1) is 0 Å². The zero-order valence-electron chi connectivity index (χ0n) is 14.1. The van der Waals surface area contributed by atoms with Crippen LogP contribution in [0.25, 0.3) is 0 Å². The Morgan fingerprint density at radius 3 is 2.29 bits per heavy atom. The molecule has 2 N–H and O–H groups in total. The SMILES string of the molecule is CCc1ccc2c(c1)Oc1cc(CC)cc(C(N)=O)c1N2C(C)=O. The van der Waals surface area contributed by atoms with Crippen molar-refractivity contribution >= 4 is 23.2 Å². The van der Waals surface area contributed by atoms with Crippen molar-refractivity contribution < 1.29 is 14.3 Å². The molecular formula is C19H20N2O3. The number of aryl methyl sites for hydroxylation is 2. The number of nitrogens with two attached hydrogens (primary N) is 1. The van der Waals surface area contributed by atoms with Gasteiger partial charge >= 0.3 is 0 Å². The molecule has 1 aliphatic heterocycles. The number of carbonyl (C=O) groups is 2. The van der Waals surface area contributed by atoms with Crippen molar-refractivity contribution in [3.8, 4) is 11.5 Å². The minimum atomic E-state index is -0.579. The van der Waals surface area contributed by atoms with Gasteiger partial charge in [0.05, 0.1) is 11.3 Å².